The Balaban J connectivity index is 1.54. The fourth-order valence-corrected chi connectivity index (χ4v) is 3.38. The van der Waals surface area contributed by atoms with E-state index in [1.165, 1.54) is 25.7 Å². The molecule has 2 aromatic heterocycles. The Hall–Kier alpha value is -2.56. The molecule has 0 amide bonds. The van der Waals surface area contributed by atoms with Gasteiger partial charge in [-0.25, -0.2) is 9.98 Å². The van der Waals surface area contributed by atoms with Crippen molar-refractivity contribution in [1.82, 2.24) is 4.98 Å². The molecule has 0 unspecified atom stereocenters. The van der Waals surface area contributed by atoms with Crippen LogP contribution in [0, 0.1) is 0 Å². The van der Waals surface area contributed by atoms with Crippen LogP contribution in [0.3, 0.4) is 0 Å². The summed E-state index contributed by atoms with van der Waals surface area (Å²) in [7, 11) is 0. The second kappa shape index (κ2) is 6.51. The van der Waals surface area contributed by atoms with Gasteiger partial charge in [0.25, 0.3) is 0 Å². The van der Waals surface area contributed by atoms with Crippen LogP contribution in [0.25, 0.3) is 11.6 Å². The Morgan fingerprint density at radius 1 is 1.21 bits per heavy atom. The van der Waals surface area contributed by atoms with Crippen molar-refractivity contribution in [2.45, 2.75) is 44.6 Å². The van der Waals surface area contributed by atoms with Gasteiger partial charge in [0.15, 0.2) is 23.2 Å². The van der Waals surface area contributed by atoms with Crippen LogP contribution < -0.4 is 5.32 Å². The molecule has 3 heterocycles. The number of nitrogens with zero attached hydrogens (tertiary/aromatic N) is 2. The second-order valence-electron chi connectivity index (χ2n) is 6.43. The van der Waals surface area contributed by atoms with Crippen LogP contribution in [0.2, 0.25) is 0 Å². The number of aromatic nitrogens is 1. The van der Waals surface area contributed by atoms with Gasteiger partial charge in [-0.1, -0.05) is 25.7 Å². The molecule has 0 atom stereocenters. The summed E-state index contributed by atoms with van der Waals surface area (Å²) in [6.45, 7) is 0. The van der Waals surface area contributed by atoms with Gasteiger partial charge in [-0.05, 0) is 31.1 Å². The van der Waals surface area contributed by atoms with Crippen LogP contribution in [-0.2, 0) is 0 Å². The van der Waals surface area contributed by atoms with Gasteiger partial charge in [-0.15, -0.1) is 0 Å². The van der Waals surface area contributed by atoms with Crippen LogP contribution in [-0.4, -0.2) is 22.3 Å². The molecule has 24 heavy (non-hydrogen) atoms. The highest BCUT2D eigenvalue weighted by molar-refractivity contribution is 6.20. The van der Waals surface area contributed by atoms with Gasteiger partial charge in [-0.3, -0.25) is 0 Å². The lowest BCUT2D eigenvalue weighted by Gasteiger charge is -2.14. The highest BCUT2D eigenvalue weighted by atomic mass is 16.4. The third-order valence-electron chi connectivity index (χ3n) is 4.65. The number of aromatic hydroxyl groups is 1. The third kappa shape index (κ3) is 3.07. The average molecular weight is 323 g/mol. The Labute approximate surface area is 141 Å². The molecule has 5 heteroatoms. The van der Waals surface area contributed by atoms with Gasteiger partial charge < -0.3 is 14.8 Å². The van der Waals surface area contributed by atoms with E-state index in [2.05, 4.69) is 15.3 Å². The van der Waals surface area contributed by atoms with Gasteiger partial charge in [-0.2, -0.15) is 0 Å². The molecule has 2 aromatic rings. The van der Waals surface area contributed by atoms with Crippen LogP contribution >= 0.6 is 0 Å². The number of pyridine rings is 1. The summed E-state index contributed by atoms with van der Waals surface area (Å²) in [5.41, 5.74) is 1.84. The SMILES string of the molecule is Oc1cc(NC2CCCCCC2)oc1C=C1C=Nc2ncccc21. The normalized spacial score (nSPS) is 19.4. The van der Waals surface area contributed by atoms with Gasteiger partial charge in [0.2, 0.25) is 0 Å². The van der Waals surface area contributed by atoms with E-state index in [1.807, 2.05) is 18.2 Å². The molecule has 0 saturated heterocycles. The molecular formula is C19H21N3O2. The Morgan fingerprint density at radius 2 is 2.04 bits per heavy atom. The van der Waals surface area contributed by atoms with E-state index in [9.17, 15) is 5.11 Å². The Morgan fingerprint density at radius 3 is 2.88 bits per heavy atom. The number of fused-ring (bicyclic) bond motifs is 1. The molecule has 1 saturated carbocycles. The highest BCUT2D eigenvalue weighted by Gasteiger charge is 2.17. The minimum Gasteiger partial charge on any atom is -0.504 e. The molecule has 2 aliphatic rings. The van der Waals surface area contributed by atoms with Crippen molar-refractivity contribution >= 4 is 29.6 Å². The summed E-state index contributed by atoms with van der Waals surface area (Å²) in [6, 6.07) is 5.93. The minimum atomic E-state index is 0.143. The summed E-state index contributed by atoms with van der Waals surface area (Å²) >= 11 is 0. The van der Waals surface area contributed by atoms with Crippen molar-refractivity contribution < 1.29 is 9.52 Å². The molecule has 0 radical (unpaired) electrons. The van der Waals surface area contributed by atoms with Gasteiger partial charge >= 0.3 is 0 Å². The molecule has 1 aliphatic heterocycles. The highest BCUT2D eigenvalue weighted by Crippen LogP contribution is 2.34. The van der Waals surface area contributed by atoms with E-state index in [0.717, 1.165) is 24.0 Å². The molecule has 5 nitrogen and oxygen atoms in total. The lowest BCUT2D eigenvalue weighted by atomic mass is 10.1. The number of furan rings is 1. The monoisotopic (exact) mass is 323 g/mol. The van der Waals surface area contributed by atoms with Gasteiger partial charge in [0, 0.05) is 35.7 Å². The topological polar surface area (TPSA) is 70.7 Å². The minimum absolute atomic E-state index is 0.143. The Bertz CT molecular complexity index is 784. The van der Waals surface area contributed by atoms with Crippen molar-refractivity contribution in [1.29, 1.82) is 0 Å². The fraction of sp³-hybridized carbons (Fsp3) is 0.368. The van der Waals surface area contributed by atoms with Crippen molar-refractivity contribution in [3.63, 3.8) is 0 Å². The number of nitrogens with one attached hydrogen (secondary N) is 1. The molecule has 2 N–H and O–H groups in total. The zero-order chi connectivity index (χ0) is 16.4. The standard InChI is InChI=1S/C19H21N3O2/c23-16-11-18(22-14-6-3-1-2-4-7-14)24-17(16)10-13-12-21-19-15(13)8-5-9-20-19/h5,8-12,14,22-23H,1-4,6-7H2. The fourth-order valence-electron chi connectivity index (χ4n) is 3.38. The predicted molar refractivity (Wildman–Crippen MR) is 95.7 cm³/mol. The lowest BCUT2D eigenvalue weighted by molar-refractivity contribution is 0.454. The first kappa shape index (κ1) is 15.0. The van der Waals surface area contributed by atoms with Crippen molar-refractivity contribution in [2.24, 2.45) is 4.99 Å². The second-order valence-corrected chi connectivity index (χ2v) is 6.43. The smallest absolute Gasteiger partial charge is 0.197 e. The van der Waals surface area contributed by atoms with Crippen molar-refractivity contribution in [3.8, 4) is 5.75 Å². The molecule has 124 valence electrons. The first-order valence-corrected chi connectivity index (χ1v) is 8.60. The third-order valence-corrected chi connectivity index (χ3v) is 4.65. The number of hydrogen-bond acceptors (Lipinski definition) is 5. The number of aliphatic imine (C=N–C) groups is 1. The average Bonchev–Trinajstić information content (AvgIpc) is 3.03. The number of anilines is 1. The molecular weight excluding hydrogens is 302 g/mol. The zero-order valence-corrected chi connectivity index (χ0v) is 13.5. The number of hydrogen-bond donors (Lipinski definition) is 2. The maximum Gasteiger partial charge on any atom is 0.197 e. The van der Waals surface area contributed by atoms with Crippen LogP contribution in [0.1, 0.15) is 49.8 Å². The summed E-state index contributed by atoms with van der Waals surface area (Å²) in [5.74, 6) is 1.92. The quantitative estimate of drug-likeness (QED) is 0.798. The van der Waals surface area contributed by atoms with Gasteiger partial charge in [0.05, 0.1) is 0 Å². The molecule has 1 aliphatic carbocycles. The van der Waals surface area contributed by atoms with E-state index in [1.54, 1.807) is 18.5 Å². The molecule has 0 spiro atoms. The summed E-state index contributed by atoms with van der Waals surface area (Å²) in [5, 5.41) is 13.6. The predicted octanol–water partition coefficient (Wildman–Crippen LogP) is 4.77. The number of rotatable bonds is 3. The Kier molecular flexibility index (Phi) is 4.07. The van der Waals surface area contributed by atoms with E-state index in [0.29, 0.717) is 23.5 Å². The molecule has 0 aromatic carbocycles. The summed E-state index contributed by atoms with van der Waals surface area (Å²) < 4.78 is 5.82. The van der Waals surface area contributed by atoms with Crippen molar-refractivity contribution in [3.05, 3.63) is 35.7 Å². The molecule has 4 rings (SSSR count). The molecule has 1 fully saturated rings. The lowest BCUT2D eigenvalue weighted by Crippen LogP contribution is -2.17. The molecule has 0 bridgehead atoms. The van der Waals surface area contributed by atoms with Crippen LogP contribution in [0.15, 0.2) is 33.8 Å². The van der Waals surface area contributed by atoms with E-state index < -0.39 is 0 Å². The maximum atomic E-state index is 10.2. The first-order valence-electron chi connectivity index (χ1n) is 8.60. The zero-order valence-electron chi connectivity index (χ0n) is 13.5. The van der Waals surface area contributed by atoms with Crippen LogP contribution in [0.4, 0.5) is 11.7 Å². The van der Waals surface area contributed by atoms with Gasteiger partial charge in [0.1, 0.15) is 0 Å². The summed E-state index contributed by atoms with van der Waals surface area (Å²) in [6.07, 6.45) is 12.7. The van der Waals surface area contributed by atoms with Crippen molar-refractivity contribution in [2.75, 3.05) is 5.32 Å². The maximum absolute atomic E-state index is 10.2. The van der Waals surface area contributed by atoms with Crippen LogP contribution in [0.5, 0.6) is 5.75 Å². The largest absolute Gasteiger partial charge is 0.504 e. The first-order chi connectivity index (χ1) is 11.8. The summed E-state index contributed by atoms with van der Waals surface area (Å²) in [4.78, 5) is 8.49. The van der Waals surface area contributed by atoms with E-state index in [-0.39, 0.29) is 5.75 Å². The van der Waals surface area contributed by atoms with E-state index in [4.69, 9.17) is 4.42 Å². The number of allylic oxidation sites excluding steroid dienone is 1. The van der Waals surface area contributed by atoms with E-state index >= 15 is 0 Å².